The molecule has 0 aliphatic carbocycles. The van der Waals surface area contributed by atoms with Crippen LogP contribution in [0.1, 0.15) is 19.8 Å². The quantitative estimate of drug-likeness (QED) is 0.493. The monoisotopic (exact) mass is 140 g/mol. The van der Waals surface area contributed by atoms with E-state index in [-0.39, 0.29) is 17.9 Å². The maximum Gasteiger partial charge on any atom is 0.229 e. The molecule has 0 aromatic carbocycles. The third-order valence-corrected chi connectivity index (χ3v) is 1.53. The number of carbonyl (C=O) groups excluding carboxylic acids is 2. The van der Waals surface area contributed by atoms with Crippen LogP contribution in [0.25, 0.3) is 0 Å². The van der Waals surface area contributed by atoms with Gasteiger partial charge in [-0.15, -0.1) is 0 Å². The predicted octanol–water partition coefficient (Wildman–Crippen LogP) is 0.358. The van der Waals surface area contributed by atoms with Crippen LogP contribution in [0.5, 0.6) is 0 Å². The molecule has 1 aliphatic rings. The molecule has 1 saturated heterocycles. The molecule has 2 amide bonds. The molecule has 10 heavy (non-hydrogen) atoms. The van der Waals surface area contributed by atoms with Crippen molar-refractivity contribution in [3.8, 4) is 0 Å². The molecule has 0 N–H and O–H groups in total. The standard InChI is InChI=1S/C7H10NO2/c1-5(2)8-6(9)3-4-7(8)10/h5H,1,3-4H2,2H3. The molecular weight excluding hydrogens is 130 g/mol. The van der Waals surface area contributed by atoms with Gasteiger partial charge in [-0.2, -0.15) is 0 Å². The van der Waals surface area contributed by atoms with E-state index in [1.54, 1.807) is 6.92 Å². The Morgan fingerprint density at radius 3 is 2.00 bits per heavy atom. The Kier molecular flexibility index (Phi) is 1.74. The van der Waals surface area contributed by atoms with Crippen LogP contribution >= 0.6 is 0 Å². The Labute approximate surface area is 60.0 Å². The molecule has 0 saturated carbocycles. The number of hydrogen-bond donors (Lipinski definition) is 0. The summed E-state index contributed by atoms with van der Waals surface area (Å²) in [7, 11) is 0. The van der Waals surface area contributed by atoms with E-state index in [2.05, 4.69) is 6.92 Å². The van der Waals surface area contributed by atoms with Crippen LogP contribution in [0.2, 0.25) is 0 Å². The molecule has 1 heterocycles. The fourth-order valence-electron chi connectivity index (χ4n) is 1.09. The van der Waals surface area contributed by atoms with Gasteiger partial charge >= 0.3 is 0 Å². The minimum Gasteiger partial charge on any atom is -0.280 e. The van der Waals surface area contributed by atoms with E-state index in [1.807, 2.05) is 0 Å². The number of hydrogen-bond acceptors (Lipinski definition) is 2. The molecule has 1 atom stereocenters. The minimum atomic E-state index is -0.220. The topological polar surface area (TPSA) is 37.4 Å². The van der Waals surface area contributed by atoms with Crippen molar-refractivity contribution in [2.75, 3.05) is 0 Å². The van der Waals surface area contributed by atoms with Crippen molar-refractivity contribution in [3.63, 3.8) is 0 Å². The Bertz CT molecular complexity index is 158. The van der Waals surface area contributed by atoms with Gasteiger partial charge in [0.25, 0.3) is 0 Å². The second-order valence-electron chi connectivity index (χ2n) is 2.51. The lowest BCUT2D eigenvalue weighted by Crippen LogP contribution is -2.35. The van der Waals surface area contributed by atoms with Gasteiger partial charge in [-0.3, -0.25) is 14.5 Å². The molecule has 1 fully saturated rings. The van der Waals surface area contributed by atoms with Gasteiger partial charge in [0.2, 0.25) is 11.8 Å². The van der Waals surface area contributed by atoms with Crippen LogP contribution < -0.4 is 0 Å². The SMILES string of the molecule is [CH2]C(C)N1C(=O)CCC1=O. The molecule has 3 nitrogen and oxygen atoms in total. The Balaban J connectivity index is 2.72. The molecule has 0 aromatic heterocycles. The summed E-state index contributed by atoms with van der Waals surface area (Å²) < 4.78 is 0. The molecule has 55 valence electrons. The Morgan fingerprint density at radius 1 is 1.40 bits per heavy atom. The van der Waals surface area contributed by atoms with E-state index in [1.165, 1.54) is 4.90 Å². The van der Waals surface area contributed by atoms with Crippen molar-refractivity contribution in [1.29, 1.82) is 0 Å². The molecular formula is C7H10NO2. The summed E-state index contributed by atoms with van der Waals surface area (Å²) >= 11 is 0. The van der Waals surface area contributed by atoms with Gasteiger partial charge in [0.15, 0.2) is 0 Å². The lowest BCUT2D eigenvalue weighted by Gasteiger charge is -2.17. The number of imide groups is 1. The van der Waals surface area contributed by atoms with E-state index < -0.39 is 0 Å². The molecule has 0 bridgehead atoms. The van der Waals surface area contributed by atoms with E-state index in [0.717, 1.165) is 0 Å². The maximum atomic E-state index is 10.9. The van der Waals surface area contributed by atoms with Gasteiger partial charge in [0.05, 0.1) is 0 Å². The van der Waals surface area contributed by atoms with Crippen LogP contribution in [-0.2, 0) is 9.59 Å². The fourth-order valence-corrected chi connectivity index (χ4v) is 1.09. The summed E-state index contributed by atoms with van der Waals surface area (Å²) in [6, 6.07) is -0.220. The molecule has 3 heteroatoms. The number of rotatable bonds is 1. The van der Waals surface area contributed by atoms with Gasteiger partial charge in [-0.1, -0.05) is 0 Å². The number of nitrogens with zero attached hydrogens (tertiary/aromatic N) is 1. The zero-order chi connectivity index (χ0) is 7.72. The molecule has 1 rings (SSSR count). The van der Waals surface area contributed by atoms with Gasteiger partial charge in [-0.05, 0) is 13.8 Å². The van der Waals surface area contributed by atoms with Crippen molar-refractivity contribution in [2.24, 2.45) is 0 Å². The third kappa shape index (κ3) is 1.03. The van der Waals surface area contributed by atoms with Crippen molar-refractivity contribution < 1.29 is 9.59 Å². The summed E-state index contributed by atoms with van der Waals surface area (Å²) in [4.78, 5) is 23.0. The average Bonchev–Trinajstić information content (AvgIpc) is 2.11. The molecule has 1 aliphatic heterocycles. The van der Waals surface area contributed by atoms with Crippen LogP contribution in [0.4, 0.5) is 0 Å². The minimum absolute atomic E-state index is 0.0903. The lowest BCUT2D eigenvalue weighted by atomic mass is 10.3. The first-order valence-corrected chi connectivity index (χ1v) is 3.31. The first kappa shape index (κ1) is 7.25. The summed E-state index contributed by atoms with van der Waals surface area (Å²) in [5.74, 6) is -0.181. The first-order valence-electron chi connectivity index (χ1n) is 3.31. The highest BCUT2D eigenvalue weighted by molar-refractivity contribution is 6.02. The van der Waals surface area contributed by atoms with Gasteiger partial charge in [0, 0.05) is 18.9 Å². The molecule has 0 spiro atoms. The smallest absolute Gasteiger partial charge is 0.229 e. The summed E-state index contributed by atoms with van der Waals surface area (Å²) in [6.07, 6.45) is 0.720. The van der Waals surface area contributed by atoms with E-state index in [9.17, 15) is 9.59 Å². The fraction of sp³-hybridized carbons (Fsp3) is 0.571. The molecule has 0 aromatic rings. The second-order valence-corrected chi connectivity index (χ2v) is 2.51. The largest absolute Gasteiger partial charge is 0.280 e. The normalized spacial score (nSPS) is 19.3. The van der Waals surface area contributed by atoms with E-state index in [4.69, 9.17) is 0 Å². The molecule has 1 radical (unpaired) electrons. The lowest BCUT2D eigenvalue weighted by molar-refractivity contribution is -0.139. The van der Waals surface area contributed by atoms with E-state index >= 15 is 0 Å². The van der Waals surface area contributed by atoms with Crippen LogP contribution in [-0.4, -0.2) is 22.8 Å². The number of carbonyl (C=O) groups is 2. The van der Waals surface area contributed by atoms with E-state index in [0.29, 0.717) is 12.8 Å². The molecule has 1 unspecified atom stereocenters. The van der Waals surface area contributed by atoms with Crippen molar-refractivity contribution in [1.82, 2.24) is 4.90 Å². The Hall–Kier alpha value is -0.860. The zero-order valence-corrected chi connectivity index (χ0v) is 5.96. The number of amides is 2. The van der Waals surface area contributed by atoms with Crippen molar-refractivity contribution in [3.05, 3.63) is 6.92 Å². The summed E-state index contributed by atoms with van der Waals surface area (Å²) in [6.45, 7) is 5.34. The predicted molar refractivity (Wildman–Crippen MR) is 35.9 cm³/mol. The third-order valence-electron chi connectivity index (χ3n) is 1.53. The van der Waals surface area contributed by atoms with Crippen molar-refractivity contribution in [2.45, 2.75) is 25.8 Å². The second kappa shape index (κ2) is 2.40. The first-order chi connectivity index (χ1) is 4.63. The summed E-state index contributed by atoms with van der Waals surface area (Å²) in [5, 5.41) is 0. The maximum absolute atomic E-state index is 10.9. The number of likely N-dealkylation sites (tertiary alicyclic amines) is 1. The highest BCUT2D eigenvalue weighted by Crippen LogP contribution is 2.13. The zero-order valence-electron chi connectivity index (χ0n) is 5.96. The van der Waals surface area contributed by atoms with Crippen LogP contribution in [0, 0.1) is 6.92 Å². The Morgan fingerprint density at radius 2 is 1.80 bits per heavy atom. The average molecular weight is 140 g/mol. The highest BCUT2D eigenvalue weighted by atomic mass is 16.2. The van der Waals surface area contributed by atoms with Gasteiger partial charge < -0.3 is 0 Å². The summed E-state index contributed by atoms with van der Waals surface area (Å²) in [5.41, 5.74) is 0. The van der Waals surface area contributed by atoms with Crippen LogP contribution in [0.15, 0.2) is 0 Å². The van der Waals surface area contributed by atoms with Gasteiger partial charge in [-0.25, -0.2) is 0 Å². The highest BCUT2D eigenvalue weighted by Gasteiger charge is 2.30. The van der Waals surface area contributed by atoms with Gasteiger partial charge in [0.1, 0.15) is 0 Å². The van der Waals surface area contributed by atoms with Crippen LogP contribution in [0.3, 0.4) is 0 Å². The van der Waals surface area contributed by atoms with Crippen molar-refractivity contribution >= 4 is 11.8 Å².